The van der Waals surface area contributed by atoms with Crippen molar-refractivity contribution in [3.63, 3.8) is 0 Å². The van der Waals surface area contributed by atoms with Gasteiger partial charge in [-0.3, -0.25) is 0 Å². The van der Waals surface area contributed by atoms with E-state index in [2.05, 4.69) is 53.3 Å². The molecule has 2 rings (SSSR count). The topological polar surface area (TPSA) is 28.2 Å². The van der Waals surface area contributed by atoms with Crippen LogP contribution in [0.25, 0.3) is 10.6 Å². The van der Waals surface area contributed by atoms with Crippen LogP contribution in [0.3, 0.4) is 0 Å². The van der Waals surface area contributed by atoms with Gasteiger partial charge in [0.25, 0.3) is 0 Å². The summed E-state index contributed by atoms with van der Waals surface area (Å²) >= 11 is 1.76. The Kier molecular flexibility index (Phi) is 4.56. The lowest BCUT2D eigenvalue weighted by molar-refractivity contribution is 0.593. The van der Waals surface area contributed by atoms with Crippen molar-refractivity contribution in [2.24, 2.45) is 0 Å². The van der Waals surface area contributed by atoms with Crippen molar-refractivity contribution >= 4 is 17.0 Å². The molecule has 0 fully saturated rings. The molecule has 1 aromatic heterocycles. The molecule has 102 valence electrons. The molecule has 19 heavy (non-hydrogen) atoms. The van der Waals surface area contributed by atoms with Gasteiger partial charge in [-0.25, -0.2) is 4.98 Å². The first-order valence-electron chi connectivity index (χ1n) is 6.52. The Morgan fingerprint density at radius 3 is 2.47 bits per heavy atom. The monoisotopic (exact) mass is 275 g/mol. The van der Waals surface area contributed by atoms with Crippen molar-refractivity contribution in [1.82, 2.24) is 10.3 Å². The van der Waals surface area contributed by atoms with E-state index in [9.17, 15) is 0 Å². The minimum Gasteiger partial charge on any atom is -0.378 e. The zero-order valence-corrected chi connectivity index (χ0v) is 12.8. The predicted molar refractivity (Wildman–Crippen MR) is 83.9 cm³/mol. The number of hydrogen-bond donors (Lipinski definition) is 1. The molecule has 0 unspecified atom stereocenters. The second kappa shape index (κ2) is 6.17. The Hall–Kier alpha value is -1.39. The fraction of sp³-hybridized carbons (Fsp3) is 0.400. The summed E-state index contributed by atoms with van der Waals surface area (Å²) in [6, 6.07) is 9.03. The van der Waals surface area contributed by atoms with Crippen LogP contribution in [0, 0.1) is 0 Å². The number of benzene rings is 1. The van der Waals surface area contributed by atoms with Gasteiger partial charge in [-0.2, -0.15) is 0 Å². The summed E-state index contributed by atoms with van der Waals surface area (Å²) in [5.41, 5.74) is 2.40. The van der Waals surface area contributed by atoms with Crippen LogP contribution in [0.15, 0.2) is 30.5 Å². The highest BCUT2D eigenvalue weighted by molar-refractivity contribution is 7.15. The molecule has 0 radical (unpaired) electrons. The minimum absolute atomic E-state index is 0.505. The number of rotatable bonds is 5. The second-order valence-electron chi connectivity index (χ2n) is 5.11. The summed E-state index contributed by atoms with van der Waals surface area (Å²) in [6.45, 7) is 5.20. The van der Waals surface area contributed by atoms with E-state index in [-0.39, 0.29) is 0 Å². The Bertz CT molecular complexity index is 514. The Morgan fingerprint density at radius 1 is 1.21 bits per heavy atom. The molecule has 1 heterocycles. The zero-order valence-electron chi connectivity index (χ0n) is 12.0. The molecule has 1 aromatic carbocycles. The average molecular weight is 275 g/mol. The lowest BCUT2D eigenvalue weighted by Crippen LogP contribution is -2.21. The number of anilines is 1. The van der Waals surface area contributed by atoms with E-state index in [1.165, 1.54) is 16.1 Å². The maximum atomic E-state index is 4.50. The van der Waals surface area contributed by atoms with E-state index in [0.717, 1.165) is 11.6 Å². The van der Waals surface area contributed by atoms with Crippen molar-refractivity contribution < 1.29 is 0 Å². The maximum Gasteiger partial charge on any atom is 0.123 e. The molecule has 0 spiro atoms. The van der Waals surface area contributed by atoms with E-state index < -0.39 is 0 Å². The van der Waals surface area contributed by atoms with Gasteiger partial charge >= 0.3 is 0 Å². The zero-order chi connectivity index (χ0) is 13.8. The van der Waals surface area contributed by atoms with E-state index in [1.807, 2.05) is 20.3 Å². The highest BCUT2D eigenvalue weighted by Gasteiger charge is 2.05. The van der Waals surface area contributed by atoms with Crippen LogP contribution >= 0.6 is 11.3 Å². The molecular weight excluding hydrogens is 254 g/mol. The van der Waals surface area contributed by atoms with Crippen LogP contribution in [0.5, 0.6) is 0 Å². The fourth-order valence-electron chi connectivity index (χ4n) is 1.73. The van der Waals surface area contributed by atoms with Crippen LogP contribution in [-0.4, -0.2) is 25.1 Å². The third kappa shape index (κ3) is 3.78. The lowest BCUT2D eigenvalue weighted by Gasteiger charge is -2.11. The molecule has 0 aliphatic heterocycles. The van der Waals surface area contributed by atoms with Gasteiger partial charge in [-0.05, 0) is 24.3 Å². The molecule has 0 atom stereocenters. The van der Waals surface area contributed by atoms with Gasteiger partial charge in [0, 0.05) is 49.0 Å². The van der Waals surface area contributed by atoms with Gasteiger partial charge < -0.3 is 10.2 Å². The number of nitrogens with zero attached hydrogens (tertiary/aromatic N) is 2. The standard InChI is InChI=1S/C15H21N3S/c1-11(2)16-9-14-10-17-15(19-14)12-5-7-13(8-6-12)18(3)4/h5-8,10-11,16H,9H2,1-4H3. The van der Waals surface area contributed by atoms with Gasteiger partial charge in [-0.1, -0.05) is 13.8 Å². The van der Waals surface area contributed by atoms with Gasteiger partial charge in [0.15, 0.2) is 0 Å². The van der Waals surface area contributed by atoms with Crippen molar-refractivity contribution in [2.75, 3.05) is 19.0 Å². The van der Waals surface area contributed by atoms with Gasteiger partial charge in [-0.15, -0.1) is 11.3 Å². The first kappa shape index (κ1) is 14.0. The van der Waals surface area contributed by atoms with Crippen LogP contribution in [-0.2, 0) is 6.54 Å². The van der Waals surface area contributed by atoms with Crippen molar-refractivity contribution in [1.29, 1.82) is 0 Å². The molecular formula is C15H21N3S. The Morgan fingerprint density at radius 2 is 1.89 bits per heavy atom. The first-order chi connectivity index (χ1) is 9.06. The molecule has 0 amide bonds. The molecule has 0 bridgehead atoms. The molecule has 2 aromatic rings. The molecule has 0 aliphatic carbocycles. The fourth-order valence-corrected chi connectivity index (χ4v) is 2.60. The van der Waals surface area contributed by atoms with Crippen LogP contribution in [0.1, 0.15) is 18.7 Å². The molecule has 0 saturated heterocycles. The number of aromatic nitrogens is 1. The largest absolute Gasteiger partial charge is 0.378 e. The molecule has 4 heteroatoms. The summed E-state index contributed by atoms with van der Waals surface area (Å²) in [4.78, 5) is 7.88. The highest BCUT2D eigenvalue weighted by Crippen LogP contribution is 2.26. The van der Waals surface area contributed by atoms with Crippen molar-refractivity contribution in [2.45, 2.75) is 26.4 Å². The number of nitrogens with one attached hydrogen (secondary N) is 1. The smallest absolute Gasteiger partial charge is 0.123 e. The summed E-state index contributed by atoms with van der Waals surface area (Å²) in [6.07, 6.45) is 1.97. The van der Waals surface area contributed by atoms with E-state index in [0.29, 0.717) is 6.04 Å². The van der Waals surface area contributed by atoms with E-state index >= 15 is 0 Å². The van der Waals surface area contributed by atoms with Gasteiger partial charge in [0.2, 0.25) is 0 Å². The lowest BCUT2D eigenvalue weighted by atomic mass is 10.2. The maximum absolute atomic E-state index is 4.50. The first-order valence-corrected chi connectivity index (χ1v) is 7.34. The average Bonchev–Trinajstić information content (AvgIpc) is 2.85. The minimum atomic E-state index is 0.505. The van der Waals surface area contributed by atoms with E-state index in [1.54, 1.807) is 11.3 Å². The summed E-state index contributed by atoms with van der Waals surface area (Å²) in [5, 5.41) is 4.50. The molecule has 1 N–H and O–H groups in total. The third-order valence-corrected chi connectivity index (χ3v) is 3.92. The van der Waals surface area contributed by atoms with Crippen LogP contribution in [0.2, 0.25) is 0 Å². The molecule has 0 saturated carbocycles. The third-order valence-electron chi connectivity index (χ3n) is 2.87. The van der Waals surface area contributed by atoms with Crippen molar-refractivity contribution in [3.8, 4) is 10.6 Å². The normalized spacial score (nSPS) is 11.0. The SMILES string of the molecule is CC(C)NCc1cnc(-c2ccc(N(C)C)cc2)s1. The van der Waals surface area contributed by atoms with Crippen LogP contribution < -0.4 is 10.2 Å². The second-order valence-corrected chi connectivity index (χ2v) is 6.22. The summed E-state index contributed by atoms with van der Waals surface area (Å²) in [7, 11) is 4.10. The molecule has 3 nitrogen and oxygen atoms in total. The van der Waals surface area contributed by atoms with Crippen molar-refractivity contribution in [3.05, 3.63) is 35.3 Å². The highest BCUT2D eigenvalue weighted by atomic mass is 32.1. The quantitative estimate of drug-likeness (QED) is 0.906. The van der Waals surface area contributed by atoms with Gasteiger partial charge in [0.1, 0.15) is 5.01 Å². The summed E-state index contributed by atoms with van der Waals surface area (Å²) in [5.74, 6) is 0. The number of thiazole rings is 1. The summed E-state index contributed by atoms with van der Waals surface area (Å²) < 4.78 is 0. The Labute approximate surface area is 119 Å². The van der Waals surface area contributed by atoms with E-state index in [4.69, 9.17) is 0 Å². The molecule has 0 aliphatic rings. The Balaban J connectivity index is 2.09. The predicted octanol–water partition coefficient (Wildman–Crippen LogP) is 3.37. The van der Waals surface area contributed by atoms with Gasteiger partial charge in [0.05, 0.1) is 0 Å². The number of hydrogen-bond acceptors (Lipinski definition) is 4. The van der Waals surface area contributed by atoms with Crippen LogP contribution in [0.4, 0.5) is 5.69 Å².